The molecule has 0 fully saturated rings. The summed E-state index contributed by atoms with van der Waals surface area (Å²) < 4.78 is 6.91. The first kappa shape index (κ1) is 16.5. The molecule has 0 aliphatic carbocycles. The minimum Gasteiger partial charge on any atom is -0.481 e. The molecule has 0 saturated carbocycles. The molecule has 23 heavy (non-hydrogen) atoms. The second-order valence-electron chi connectivity index (χ2n) is 4.93. The summed E-state index contributed by atoms with van der Waals surface area (Å²) in [6.45, 7) is 2.66. The Balaban J connectivity index is 2.00. The van der Waals surface area contributed by atoms with Crippen molar-refractivity contribution in [1.82, 2.24) is 14.9 Å². The van der Waals surface area contributed by atoms with Crippen LogP contribution in [0.3, 0.4) is 0 Å². The number of carboxylic acids is 1. The van der Waals surface area contributed by atoms with Crippen molar-refractivity contribution in [2.75, 3.05) is 0 Å². The average Bonchev–Trinajstić information content (AvgIpc) is 3.01. The number of rotatable bonds is 7. The normalized spacial score (nSPS) is 11.7. The second kappa shape index (κ2) is 7.98. The van der Waals surface area contributed by atoms with Crippen LogP contribution in [0, 0.1) is 0 Å². The molecule has 122 valence electrons. The van der Waals surface area contributed by atoms with Gasteiger partial charge in [-0.15, -0.1) is 0 Å². The smallest absolute Gasteiger partial charge is 0.408 e. The van der Waals surface area contributed by atoms with Gasteiger partial charge in [-0.3, -0.25) is 4.79 Å². The van der Waals surface area contributed by atoms with Crippen LogP contribution in [-0.2, 0) is 22.7 Å². The summed E-state index contributed by atoms with van der Waals surface area (Å²) >= 11 is 0. The van der Waals surface area contributed by atoms with Gasteiger partial charge in [0.1, 0.15) is 18.5 Å². The van der Waals surface area contributed by atoms with Gasteiger partial charge in [-0.1, -0.05) is 30.3 Å². The maximum atomic E-state index is 11.9. The number of ether oxygens (including phenoxy) is 1. The predicted octanol–water partition coefficient (Wildman–Crippen LogP) is 2.35. The maximum Gasteiger partial charge on any atom is 0.408 e. The number of aliphatic carboxylic acids is 1. The lowest BCUT2D eigenvalue weighted by Crippen LogP contribution is -2.32. The van der Waals surface area contributed by atoms with Gasteiger partial charge in [0.2, 0.25) is 0 Å². The number of aryl methyl sites for hydroxylation is 1. The van der Waals surface area contributed by atoms with E-state index < -0.39 is 18.1 Å². The second-order valence-corrected chi connectivity index (χ2v) is 4.93. The Morgan fingerprint density at radius 1 is 1.35 bits per heavy atom. The lowest BCUT2D eigenvalue weighted by Gasteiger charge is -2.17. The number of hydrogen-bond donors (Lipinski definition) is 2. The lowest BCUT2D eigenvalue weighted by molar-refractivity contribution is -0.137. The predicted molar refractivity (Wildman–Crippen MR) is 82.7 cm³/mol. The number of amides is 1. The van der Waals surface area contributed by atoms with Gasteiger partial charge in [0.15, 0.2) is 0 Å². The van der Waals surface area contributed by atoms with Crippen molar-refractivity contribution in [2.45, 2.75) is 32.5 Å². The molecule has 1 aromatic carbocycles. The summed E-state index contributed by atoms with van der Waals surface area (Å²) in [5.74, 6) is -0.532. The molecule has 7 nitrogen and oxygen atoms in total. The van der Waals surface area contributed by atoms with E-state index in [-0.39, 0.29) is 13.0 Å². The molecule has 0 aliphatic rings. The van der Waals surface area contributed by atoms with E-state index >= 15 is 0 Å². The Labute approximate surface area is 133 Å². The summed E-state index contributed by atoms with van der Waals surface area (Å²) in [6.07, 6.45) is 2.37. The molecule has 0 saturated heterocycles. The lowest BCUT2D eigenvalue weighted by atomic mass is 10.2. The van der Waals surface area contributed by atoms with Gasteiger partial charge in [0.05, 0.1) is 6.42 Å². The molecule has 0 spiro atoms. The molecule has 1 amide bonds. The fourth-order valence-electron chi connectivity index (χ4n) is 2.19. The number of benzene rings is 1. The van der Waals surface area contributed by atoms with Crippen LogP contribution in [-0.4, -0.2) is 26.7 Å². The van der Waals surface area contributed by atoms with Crippen LogP contribution in [0.15, 0.2) is 42.7 Å². The van der Waals surface area contributed by atoms with Crippen molar-refractivity contribution in [2.24, 2.45) is 0 Å². The van der Waals surface area contributed by atoms with Crippen LogP contribution >= 0.6 is 0 Å². The molecule has 1 aromatic heterocycles. The molecule has 0 radical (unpaired) electrons. The summed E-state index contributed by atoms with van der Waals surface area (Å²) in [4.78, 5) is 27.1. The van der Waals surface area contributed by atoms with Crippen LogP contribution in [0.2, 0.25) is 0 Å². The Morgan fingerprint density at radius 3 is 2.74 bits per heavy atom. The number of nitrogens with zero attached hydrogens (tertiary/aromatic N) is 2. The van der Waals surface area contributed by atoms with E-state index in [1.807, 2.05) is 37.3 Å². The standard InChI is InChI=1S/C16H19N3O4/c1-2-19-9-8-17-15(19)13(10-14(20)21)18-16(22)23-11-12-6-4-3-5-7-12/h3-9,13H,2,10-11H2,1H3,(H,18,22)(H,20,21)/t13-/m0/s1. The van der Waals surface area contributed by atoms with Crippen molar-refractivity contribution in [3.63, 3.8) is 0 Å². The quantitative estimate of drug-likeness (QED) is 0.817. The number of aromatic nitrogens is 2. The summed E-state index contributed by atoms with van der Waals surface area (Å²) in [7, 11) is 0. The third kappa shape index (κ3) is 4.84. The topological polar surface area (TPSA) is 93.5 Å². The molecule has 2 rings (SSSR count). The van der Waals surface area contributed by atoms with E-state index in [9.17, 15) is 9.59 Å². The van der Waals surface area contributed by atoms with Gasteiger partial charge >= 0.3 is 12.1 Å². The molecule has 1 atom stereocenters. The Morgan fingerprint density at radius 2 is 2.09 bits per heavy atom. The zero-order valence-electron chi connectivity index (χ0n) is 12.8. The van der Waals surface area contributed by atoms with E-state index in [0.717, 1.165) is 5.56 Å². The van der Waals surface area contributed by atoms with E-state index in [1.54, 1.807) is 17.0 Å². The fraction of sp³-hybridized carbons (Fsp3) is 0.312. The highest BCUT2D eigenvalue weighted by molar-refractivity contribution is 5.71. The molecular weight excluding hydrogens is 298 g/mol. The van der Waals surface area contributed by atoms with E-state index in [2.05, 4.69) is 10.3 Å². The molecule has 7 heteroatoms. The summed E-state index contributed by atoms with van der Waals surface area (Å²) in [6, 6.07) is 8.50. The van der Waals surface area contributed by atoms with Crippen molar-refractivity contribution in [1.29, 1.82) is 0 Å². The fourth-order valence-corrected chi connectivity index (χ4v) is 2.19. The SMILES string of the molecule is CCn1ccnc1[C@H](CC(=O)O)NC(=O)OCc1ccccc1. The number of carboxylic acid groups (broad SMARTS) is 1. The van der Waals surface area contributed by atoms with Crippen molar-refractivity contribution >= 4 is 12.1 Å². The van der Waals surface area contributed by atoms with Crippen LogP contribution in [0.25, 0.3) is 0 Å². The maximum absolute atomic E-state index is 11.9. The number of nitrogens with one attached hydrogen (secondary N) is 1. The van der Waals surface area contributed by atoms with Gasteiger partial charge < -0.3 is 19.7 Å². The third-order valence-corrected chi connectivity index (χ3v) is 3.28. The Bertz CT molecular complexity index is 654. The van der Waals surface area contributed by atoms with Gasteiger partial charge in [0, 0.05) is 18.9 Å². The summed E-state index contributed by atoms with van der Waals surface area (Å²) in [5.41, 5.74) is 0.854. The monoisotopic (exact) mass is 317 g/mol. The molecule has 2 aromatic rings. The van der Waals surface area contributed by atoms with Crippen molar-refractivity contribution in [3.05, 3.63) is 54.1 Å². The van der Waals surface area contributed by atoms with Gasteiger partial charge in [-0.2, -0.15) is 0 Å². The van der Waals surface area contributed by atoms with Crippen LogP contribution < -0.4 is 5.32 Å². The van der Waals surface area contributed by atoms with E-state index in [1.165, 1.54) is 0 Å². The highest BCUT2D eigenvalue weighted by Gasteiger charge is 2.22. The minimum absolute atomic E-state index is 0.120. The number of alkyl carbamates (subject to hydrolysis) is 1. The van der Waals surface area contributed by atoms with Crippen LogP contribution in [0.4, 0.5) is 4.79 Å². The van der Waals surface area contributed by atoms with Gasteiger partial charge in [-0.25, -0.2) is 9.78 Å². The Hall–Kier alpha value is -2.83. The van der Waals surface area contributed by atoms with Gasteiger partial charge in [0.25, 0.3) is 0 Å². The molecule has 1 heterocycles. The molecule has 2 N–H and O–H groups in total. The zero-order valence-corrected chi connectivity index (χ0v) is 12.8. The highest BCUT2D eigenvalue weighted by atomic mass is 16.5. The number of imidazole rings is 1. The third-order valence-electron chi connectivity index (χ3n) is 3.28. The molecule has 0 bridgehead atoms. The van der Waals surface area contributed by atoms with Gasteiger partial charge in [-0.05, 0) is 12.5 Å². The van der Waals surface area contributed by atoms with Crippen molar-refractivity contribution in [3.8, 4) is 0 Å². The van der Waals surface area contributed by atoms with E-state index in [0.29, 0.717) is 12.4 Å². The summed E-state index contributed by atoms with van der Waals surface area (Å²) in [5, 5.41) is 11.6. The van der Waals surface area contributed by atoms with Crippen molar-refractivity contribution < 1.29 is 19.4 Å². The minimum atomic E-state index is -1.02. The number of carbonyl (C=O) groups is 2. The number of hydrogen-bond acceptors (Lipinski definition) is 4. The van der Waals surface area contributed by atoms with Crippen LogP contribution in [0.5, 0.6) is 0 Å². The first-order chi connectivity index (χ1) is 11.1. The first-order valence-electron chi connectivity index (χ1n) is 7.30. The zero-order chi connectivity index (χ0) is 16.7. The molecular formula is C16H19N3O4. The average molecular weight is 317 g/mol. The van der Waals surface area contributed by atoms with Crippen LogP contribution in [0.1, 0.15) is 30.8 Å². The molecule has 0 unspecified atom stereocenters. The first-order valence-corrected chi connectivity index (χ1v) is 7.30. The largest absolute Gasteiger partial charge is 0.481 e. The molecule has 0 aliphatic heterocycles. The number of carbonyl (C=O) groups excluding carboxylic acids is 1. The van der Waals surface area contributed by atoms with E-state index in [4.69, 9.17) is 9.84 Å². The Kier molecular flexibility index (Phi) is 5.74. The highest BCUT2D eigenvalue weighted by Crippen LogP contribution is 2.16.